The van der Waals surface area contributed by atoms with Crippen LogP contribution in [0.5, 0.6) is 0 Å². The molecule has 0 heterocycles. The lowest BCUT2D eigenvalue weighted by Gasteiger charge is -2.12. The van der Waals surface area contributed by atoms with Gasteiger partial charge in [-0.25, -0.2) is 8.78 Å². The van der Waals surface area contributed by atoms with Crippen molar-refractivity contribution in [3.8, 4) is 0 Å². The summed E-state index contributed by atoms with van der Waals surface area (Å²) in [4.78, 5) is 11.9. The van der Waals surface area contributed by atoms with E-state index in [4.69, 9.17) is 0 Å². The normalized spacial score (nSPS) is 10.6. The Balaban J connectivity index is 2.67. The summed E-state index contributed by atoms with van der Waals surface area (Å²) in [5.41, 5.74) is 0.647. The van der Waals surface area contributed by atoms with Gasteiger partial charge in [0.2, 0.25) is 0 Å². The third-order valence-electron chi connectivity index (χ3n) is 1.82. The van der Waals surface area contributed by atoms with Crippen molar-refractivity contribution in [2.45, 2.75) is 6.54 Å². The first-order chi connectivity index (χ1) is 6.63. The van der Waals surface area contributed by atoms with E-state index < -0.39 is 11.6 Å². The first-order valence-corrected chi connectivity index (χ1v) is 4.19. The minimum Gasteiger partial charge on any atom is -0.302 e. The van der Waals surface area contributed by atoms with E-state index in [1.54, 1.807) is 11.9 Å². The molecule has 1 aromatic carbocycles. The molecule has 0 N–H and O–H groups in total. The van der Waals surface area contributed by atoms with E-state index in [1.165, 1.54) is 6.07 Å². The van der Waals surface area contributed by atoms with Gasteiger partial charge >= 0.3 is 0 Å². The van der Waals surface area contributed by atoms with Gasteiger partial charge in [-0.1, -0.05) is 6.07 Å². The van der Waals surface area contributed by atoms with Gasteiger partial charge in [0.25, 0.3) is 0 Å². The zero-order valence-corrected chi connectivity index (χ0v) is 7.84. The molecule has 0 unspecified atom stereocenters. The van der Waals surface area contributed by atoms with Gasteiger partial charge in [-0.2, -0.15) is 0 Å². The maximum atomic E-state index is 12.8. The van der Waals surface area contributed by atoms with Gasteiger partial charge in [-0.15, -0.1) is 0 Å². The number of carbonyl (C=O) groups excluding carboxylic acids is 1. The lowest BCUT2D eigenvalue weighted by molar-refractivity contribution is -0.108. The first kappa shape index (κ1) is 10.8. The molecule has 0 saturated heterocycles. The van der Waals surface area contributed by atoms with Crippen LogP contribution < -0.4 is 0 Å². The summed E-state index contributed by atoms with van der Waals surface area (Å²) in [6, 6.07) is 3.72. The molecule has 1 aromatic rings. The Hall–Kier alpha value is -1.29. The number of nitrogens with zero attached hydrogens (tertiary/aromatic N) is 1. The molecule has 0 fully saturated rings. The highest BCUT2D eigenvalue weighted by atomic mass is 19.2. The molecule has 0 radical (unpaired) electrons. The zero-order chi connectivity index (χ0) is 10.6. The van der Waals surface area contributed by atoms with E-state index in [-0.39, 0.29) is 6.54 Å². The Morgan fingerprint density at radius 1 is 1.36 bits per heavy atom. The fraction of sp³-hybridized carbons (Fsp3) is 0.300. The van der Waals surface area contributed by atoms with Crippen LogP contribution in [0.1, 0.15) is 5.56 Å². The SMILES string of the molecule is CN(CC=O)Cc1ccc(F)c(F)c1. The van der Waals surface area contributed by atoms with E-state index in [1.807, 2.05) is 0 Å². The fourth-order valence-corrected chi connectivity index (χ4v) is 1.14. The van der Waals surface area contributed by atoms with Gasteiger partial charge in [0.15, 0.2) is 11.6 Å². The number of hydrogen-bond donors (Lipinski definition) is 0. The molecule has 76 valence electrons. The zero-order valence-electron chi connectivity index (χ0n) is 7.84. The molecule has 0 spiro atoms. The van der Waals surface area contributed by atoms with Crippen molar-refractivity contribution >= 4 is 6.29 Å². The Kier molecular flexibility index (Phi) is 3.71. The number of rotatable bonds is 4. The third-order valence-corrected chi connectivity index (χ3v) is 1.82. The summed E-state index contributed by atoms with van der Waals surface area (Å²) in [6.07, 6.45) is 0.764. The topological polar surface area (TPSA) is 20.3 Å². The van der Waals surface area contributed by atoms with Crippen LogP contribution in [0.2, 0.25) is 0 Å². The molecule has 0 aliphatic carbocycles. The van der Waals surface area contributed by atoms with Gasteiger partial charge in [-0.05, 0) is 24.7 Å². The highest BCUT2D eigenvalue weighted by Crippen LogP contribution is 2.09. The van der Waals surface area contributed by atoms with Crippen molar-refractivity contribution in [2.75, 3.05) is 13.6 Å². The molecule has 2 nitrogen and oxygen atoms in total. The van der Waals surface area contributed by atoms with Crippen molar-refractivity contribution < 1.29 is 13.6 Å². The van der Waals surface area contributed by atoms with Gasteiger partial charge in [-0.3, -0.25) is 4.90 Å². The Morgan fingerprint density at radius 2 is 2.07 bits per heavy atom. The van der Waals surface area contributed by atoms with Gasteiger partial charge < -0.3 is 4.79 Å². The van der Waals surface area contributed by atoms with Crippen LogP contribution in [0.25, 0.3) is 0 Å². The van der Waals surface area contributed by atoms with Crippen molar-refractivity contribution in [2.24, 2.45) is 0 Å². The standard InChI is InChI=1S/C10H11F2NO/c1-13(4-5-14)7-8-2-3-9(11)10(12)6-8/h2-3,5-6H,4,7H2,1H3. The quantitative estimate of drug-likeness (QED) is 0.686. The highest BCUT2D eigenvalue weighted by molar-refractivity contribution is 5.51. The van der Waals surface area contributed by atoms with Crippen LogP contribution in [-0.2, 0) is 11.3 Å². The molecule has 0 atom stereocenters. The van der Waals surface area contributed by atoms with Crippen LogP contribution >= 0.6 is 0 Å². The van der Waals surface area contributed by atoms with Crippen LogP contribution in [-0.4, -0.2) is 24.8 Å². The summed E-state index contributed by atoms with van der Waals surface area (Å²) in [5, 5.41) is 0. The van der Waals surface area contributed by atoms with E-state index in [0.717, 1.165) is 18.4 Å². The lowest BCUT2D eigenvalue weighted by Crippen LogP contribution is -2.19. The van der Waals surface area contributed by atoms with Crippen LogP contribution in [0.15, 0.2) is 18.2 Å². The predicted molar refractivity (Wildman–Crippen MR) is 48.8 cm³/mol. The van der Waals surface area contributed by atoms with Crippen LogP contribution in [0.4, 0.5) is 8.78 Å². The molecule has 14 heavy (non-hydrogen) atoms. The monoisotopic (exact) mass is 199 g/mol. The van der Waals surface area contributed by atoms with E-state index >= 15 is 0 Å². The van der Waals surface area contributed by atoms with Crippen LogP contribution in [0, 0.1) is 11.6 Å². The van der Waals surface area contributed by atoms with Crippen molar-refractivity contribution in [3.05, 3.63) is 35.4 Å². The van der Waals surface area contributed by atoms with Gasteiger partial charge in [0, 0.05) is 6.54 Å². The smallest absolute Gasteiger partial charge is 0.159 e. The van der Waals surface area contributed by atoms with E-state index in [9.17, 15) is 13.6 Å². The molecule has 1 rings (SSSR count). The molecule has 4 heteroatoms. The largest absolute Gasteiger partial charge is 0.302 e. The maximum absolute atomic E-state index is 12.8. The molecular weight excluding hydrogens is 188 g/mol. The number of halogens is 2. The number of likely N-dealkylation sites (N-methyl/N-ethyl adjacent to an activating group) is 1. The Labute approximate surface area is 81.1 Å². The average molecular weight is 199 g/mol. The molecular formula is C10H11F2NO. The van der Waals surface area contributed by atoms with Gasteiger partial charge in [0.05, 0.1) is 6.54 Å². The minimum atomic E-state index is -0.859. The second kappa shape index (κ2) is 4.81. The highest BCUT2D eigenvalue weighted by Gasteiger charge is 2.04. The average Bonchev–Trinajstić information content (AvgIpc) is 2.12. The van der Waals surface area contributed by atoms with Crippen molar-refractivity contribution in [1.82, 2.24) is 4.90 Å². The Bertz CT molecular complexity index is 328. The molecule has 0 aliphatic heterocycles. The number of benzene rings is 1. The molecule has 0 bridgehead atoms. The number of carbonyl (C=O) groups is 1. The molecule has 0 amide bonds. The first-order valence-electron chi connectivity index (χ1n) is 4.19. The summed E-state index contributed by atoms with van der Waals surface area (Å²) in [6.45, 7) is 0.703. The summed E-state index contributed by atoms with van der Waals surface area (Å²) >= 11 is 0. The van der Waals surface area contributed by atoms with E-state index in [2.05, 4.69) is 0 Å². The van der Waals surface area contributed by atoms with Gasteiger partial charge in [0.1, 0.15) is 6.29 Å². The molecule has 0 aromatic heterocycles. The maximum Gasteiger partial charge on any atom is 0.159 e. The van der Waals surface area contributed by atoms with Crippen molar-refractivity contribution in [3.63, 3.8) is 0 Å². The number of aldehydes is 1. The van der Waals surface area contributed by atoms with Crippen LogP contribution in [0.3, 0.4) is 0 Å². The van der Waals surface area contributed by atoms with Crippen molar-refractivity contribution in [1.29, 1.82) is 0 Å². The second-order valence-corrected chi connectivity index (χ2v) is 3.11. The molecule has 0 aliphatic rings. The minimum absolute atomic E-state index is 0.277. The Morgan fingerprint density at radius 3 is 2.64 bits per heavy atom. The molecule has 0 saturated carbocycles. The summed E-state index contributed by atoms with van der Waals surface area (Å²) in [5.74, 6) is -1.71. The predicted octanol–water partition coefficient (Wildman–Crippen LogP) is 1.60. The fourth-order valence-electron chi connectivity index (χ4n) is 1.14. The summed E-state index contributed by atoms with van der Waals surface area (Å²) < 4.78 is 25.3. The van der Waals surface area contributed by atoms with E-state index in [0.29, 0.717) is 12.1 Å². The number of hydrogen-bond acceptors (Lipinski definition) is 2. The second-order valence-electron chi connectivity index (χ2n) is 3.11. The third kappa shape index (κ3) is 2.88. The lowest BCUT2D eigenvalue weighted by atomic mass is 10.2. The summed E-state index contributed by atoms with van der Waals surface area (Å²) in [7, 11) is 1.73.